The second-order valence-corrected chi connectivity index (χ2v) is 6.27. The number of benzene rings is 1. The molecule has 0 spiro atoms. The number of anilines is 1. The van der Waals surface area contributed by atoms with Crippen LogP contribution in [0.15, 0.2) is 29.2 Å². The number of nitrogens with two attached hydrogens (primary N) is 1. The van der Waals surface area contributed by atoms with E-state index in [2.05, 4.69) is 18.6 Å². The van der Waals surface area contributed by atoms with Crippen LogP contribution in [-0.2, 0) is 10.0 Å². The first kappa shape index (κ1) is 15.0. The molecule has 5 heteroatoms. The predicted molar refractivity (Wildman–Crippen MR) is 74.7 cm³/mol. The Hall–Kier alpha value is -1.07. The van der Waals surface area contributed by atoms with Crippen molar-refractivity contribution in [1.29, 1.82) is 0 Å². The van der Waals surface area contributed by atoms with Crippen molar-refractivity contribution in [1.82, 2.24) is 4.72 Å². The molecule has 3 N–H and O–H groups in total. The van der Waals surface area contributed by atoms with Gasteiger partial charge in [0.05, 0.1) is 4.90 Å². The molecule has 1 unspecified atom stereocenters. The zero-order chi connectivity index (χ0) is 13.8. The van der Waals surface area contributed by atoms with Crippen molar-refractivity contribution < 1.29 is 8.42 Å². The van der Waals surface area contributed by atoms with E-state index in [-0.39, 0.29) is 10.9 Å². The Morgan fingerprint density at radius 1 is 1.17 bits per heavy atom. The van der Waals surface area contributed by atoms with Gasteiger partial charge in [0.15, 0.2) is 0 Å². The van der Waals surface area contributed by atoms with E-state index in [9.17, 15) is 8.42 Å². The van der Waals surface area contributed by atoms with Gasteiger partial charge in [-0.2, -0.15) is 0 Å². The molecule has 0 aromatic heterocycles. The Morgan fingerprint density at radius 3 is 2.11 bits per heavy atom. The van der Waals surface area contributed by atoms with Crippen molar-refractivity contribution in [3.05, 3.63) is 24.3 Å². The average Bonchev–Trinajstić information content (AvgIpc) is 2.30. The van der Waals surface area contributed by atoms with Crippen LogP contribution in [0.2, 0.25) is 0 Å². The van der Waals surface area contributed by atoms with Gasteiger partial charge in [0.25, 0.3) is 0 Å². The number of nitrogens with one attached hydrogen (secondary N) is 1. The molecular formula is C13H22N2O2S. The van der Waals surface area contributed by atoms with Crippen LogP contribution in [0.5, 0.6) is 0 Å². The second-order valence-electron chi connectivity index (χ2n) is 4.56. The molecular weight excluding hydrogens is 248 g/mol. The molecule has 102 valence electrons. The van der Waals surface area contributed by atoms with E-state index in [0.29, 0.717) is 11.6 Å². The summed E-state index contributed by atoms with van der Waals surface area (Å²) in [5.41, 5.74) is 6.10. The highest BCUT2D eigenvalue weighted by molar-refractivity contribution is 7.89. The zero-order valence-electron chi connectivity index (χ0n) is 11.2. The summed E-state index contributed by atoms with van der Waals surface area (Å²) < 4.78 is 27.0. The molecule has 0 heterocycles. The third-order valence-electron chi connectivity index (χ3n) is 3.29. The normalized spacial score (nSPS) is 13.8. The topological polar surface area (TPSA) is 72.2 Å². The molecule has 4 nitrogen and oxygen atoms in total. The number of hydrogen-bond acceptors (Lipinski definition) is 3. The molecule has 0 fully saturated rings. The molecule has 0 aliphatic rings. The van der Waals surface area contributed by atoms with Gasteiger partial charge in [0.2, 0.25) is 10.0 Å². The highest BCUT2D eigenvalue weighted by Gasteiger charge is 2.21. The largest absolute Gasteiger partial charge is 0.399 e. The first-order chi connectivity index (χ1) is 8.40. The standard InChI is InChI=1S/C13H22N2O2S/c1-4-11(5-2)10(3)15-18(16,17)13-8-6-12(14)7-9-13/h6-11,15H,4-5,14H2,1-3H3. The summed E-state index contributed by atoms with van der Waals surface area (Å²) in [6.07, 6.45) is 1.92. The van der Waals surface area contributed by atoms with E-state index < -0.39 is 10.0 Å². The van der Waals surface area contributed by atoms with Gasteiger partial charge in [-0.05, 0) is 37.1 Å². The summed E-state index contributed by atoms with van der Waals surface area (Å²) in [4.78, 5) is 0.259. The van der Waals surface area contributed by atoms with Gasteiger partial charge in [0.1, 0.15) is 0 Å². The Labute approximate surface area is 110 Å². The van der Waals surface area contributed by atoms with Crippen LogP contribution in [0, 0.1) is 5.92 Å². The van der Waals surface area contributed by atoms with Crippen molar-refractivity contribution in [2.24, 2.45) is 5.92 Å². The fraction of sp³-hybridized carbons (Fsp3) is 0.538. The third kappa shape index (κ3) is 3.71. The number of sulfonamides is 1. The molecule has 1 rings (SSSR count). The van der Waals surface area contributed by atoms with Gasteiger partial charge in [-0.25, -0.2) is 13.1 Å². The summed E-state index contributed by atoms with van der Waals surface area (Å²) in [7, 11) is -3.45. The lowest BCUT2D eigenvalue weighted by Gasteiger charge is -2.22. The van der Waals surface area contributed by atoms with Crippen molar-refractivity contribution in [3.63, 3.8) is 0 Å². The van der Waals surface area contributed by atoms with E-state index in [1.54, 1.807) is 12.1 Å². The molecule has 0 saturated carbocycles. The van der Waals surface area contributed by atoms with Crippen LogP contribution < -0.4 is 10.5 Å². The molecule has 0 radical (unpaired) electrons. The van der Waals surface area contributed by atoms with E-state index >= 15 is 0 Å². The summed E-state index contributed by atoms with van der Waals surface area (Å²) in [6, 6.07) is 6.17. The Balaban J connectivity index is 2.85. The lowest BCUT2D eigenvalue weighted by molar-refractivity contribution is 0.391. The van der Waals surface area contributed by atoms with Crippen LogP contribution >= 0.6 is 0 Å². The van der Waals surface area contributed by atoms with Gasteiger partial charge < -0.3 is 5.73 Å². The summed E-state index contributed by atoms with van der Waals surface area (Å²) >= 11 is 0. The highest BCUT2D eigenvalue weighted by Crippen LogP contribution is 2.17. The molecule has 1 atom stereocenters. The SMILES string of the molecule is CCC(CC)C(C)NS(=O)(=O)c1ccc(N)cc1. The minimum Gasteiger partial charge on any atom is -0.399 e. The van der Waals surface area contributed by atoms with Crippen LogP contribution in [0.25, 0.3) is 0 Å². The quantitative estimate of drug-likeness (QED) is 0.779. The summed E-state index contributed by atoms with van der Waals surface area (Å²) in [5.74, 6) is 0.355. The Kier molecular flexibility index (Phi) is 5.16. The van der Waals surface area contributed by atoms with Crippen LogP contribution in [-0.4, -0.2) is 14.5 Å². The predicted octanol–water partition coefficient (Wildman–Crippen LogP) is 2.37. The molecule has 1 aromatic rings. The monoisotopic (exact) mass is 270 g/mol. The maximum atomic E-state index is 12.1. The molecule has 0 bridgehead atoms. The van der Waals surface area contributed by atoms with Crippen LogP contribution in [0.3, 0.4) is 0 Å². The number of nitrogen functional groups attached to an aromatic ring is 1. The maximum Gasteiger partial charge on any atom is 0.240 e. The smallest absolute Gasteiger partial charge is 0.240 e. The van der Waals surface area contributed by atoms with E-state index in [1.165, 1.54) is 12.1 Å². The molecule has 18 heavy (non-hydrogen) atoms. The first-order valence-corrected chi connectivity index (χ1v) is 7.76. The Morgan fingerprint density at radius 2 is 1.67 bits per heavy atom. The van der Waals surface area contributed by atoms with Gasteiger partial charge in [-0.1, -0.05) is 26.7 Å². The van der Waals surface area contributed by atoms with Gasteiger partial charge in [0, 0.05) is 11.7 Å². The molecule has 0 amide bonds. The van der Waals surface area contributed by atoms with E-state index in [1.807, 2.05) is 6.92 Å². The lowest BCUT2D eigenvalue weighted by Crippen LogP contribution is -2.37. The molecule has 1 aromatic carbocycles. The average molecular weight is 270 g/mol. The van der Waals surface area contributed by atoms with E-state index in [0.717, 1.165) is 12.8 Å². The molecule has 0 aliphatic heterocycles. The highest BCUT2D eigenvalue weighted by atomic mass is 32.2. The minimum absolute atomic E-state index is 0.0671. The maximum absolute atomic E-state index is 12.1. The lowest BCUT2D eigenvalue weighted by atomic mass is 9.96. The summed E-state index contributed by atoms with van der Waals surface area (Å²) in [6.45, 7) is 6.05. The molecule has 0 aliphatic carbocycles. The zero-order valence-corrected chi connectivity index (χ0v) is 12.0. The fourth-order valence-electron chi connectivity index (χ4n) is 2.05. The van der Waals surface area contributed by atoms with Crippen molar-refractivity contribution in [2.45, 2.75) is 44.6 Å². The Bertz CT molecular complexity index is 464. The van der Waals surface area contributed by atoms with Crippen molar-refractivity contribution >= 4 is 15.7 Å². The van der Waals surface area contributed by atoms with Crippen LogP contribution in [0.1, 0.15) is 33.6 Å². The van der Waals surface area contributed by atoms with Gasteiger partial charge >= 0.3 is 0 Å². The van der Waals surface area contributed by atoms with Crippen LogP contribution in [0.4, 0.5) is 5.69 Å². The minimum atomic E-state index is -3.45. The molecule has 0 saturated heterocycles. The van der Waals surface area contributed by atoms with Gasteiger partial charge in [-0.15, -0.1) is 0 Å². The third-order valence-corrected chi connectivity index (χ3v) is 4.86. The van der Waals surface area contributed by atoms with Crippen molar-refractivity contribution in [2.75, 3.05) is 5.73 Å². The number of rotatable bonds is 6. The fourth-order valence-corrected chi connectivity index (χ4v) is 3.36. The summed E-state index contributed by atoms with van der Waals surface area (Å²) in [5, 5.41) is 0. The first-order valence-electron chi connectivity index (χ1n) is 6.28. The second kappa shape index (κ2) is 6.20. The van der Waals surface area contributed by atoms with Gasteiger partial charge in [-0.3, -0.25) is 0 Å². The van der Waals surface area contributed by atoms with E-state index in [4.69, 9.17) is 5.73 Å². The number of hydrogen-bond donors (Lipinski definition) is 2. The van der Waals surface area contributed by atoms with Crippen molar-refractivity contribution in [3.8, 4) is 0 Å².